The van der Waals surface area contributed by atoms with Crippen molar-refractivity contribution in [1.29, 1.82) is 0 Å². The first-order valence-electron chi connectivity index (χ1n) is 6.05. The number of hydrogen-bond acceptors (Lipinski definition) is 2. The van der Waals surface area contributed by atoms with E-state index in [9.17, 15) is 0 Å². The quantitative estimate of drug-likeness (QED) is 0.886. The molecule has 0 fully saturated rings. The average molecular weight is 341 g/mol. The van der Waals surface area contributed by atoms with Crippen LogP contribution in [0.3, 0.4) is 0 Å². The van der Waals surface area contributed by atoms with Gasteiger partial charge in [-0.25, -0.2) is 0 Å². The first kappa shape index (κ1) is 14.4. The van der Waals surface area contributed by atoms with Crippen molar-refractivity contribution in [2.24, 2.45) is 5.73 Å². The van der Waals surface area contributed by atoms with Gasteiger partial charge >= 0.3 is 0 Å². The predicted molar refractivity (Wildman–Crippen MR) is 82.8 cm³/mol. The highest BCUT2D eigenvalue weighted by molar-refractivity contribution is 9.10. The van der Waals surface area contributed by atoms with Gasteiger partial charge in [-0.1, -0.05) is 29.8 Å². The Kier molecular flexibility index (Phi) is 4.86. The SMILES string of the molecule is CCOc1ccc(C(N)c2ccc(Cl)cc2)cc1Br. The molecule has 0 aromatic heterocycles. The maximum atomic E-state index is 6.25. The van der Waals surface area contributed by atoms with Gasteiger partial charge in [0.15, 0.2) is 0 Å². The Morgan fingerprint density at radius 1 is 1.16 bits per heavy atom. The van der Waals surface area contributed by atoms with Crippen molar-refractivity contribution < 1.29 is 4.74 Å². The van der Waals surface area contributed by atoms with E-state index in [2.05, 4.69) is 15.9 Å². The summed E-state index contributed by atoms with van der Waals surface area (Å²) in [6.07, 6.45) is 0. The van der Waals surface area contributed by atoms with E-state index in [0.717, 1.165) is 21.3 Å². The van der Waals surface area contributed by atoms with E-state index in [4.69, 9.17) is 22.1 Å². The summed E-state index contributed by atoms with van der Waals surface area (Å²) in [4.78, 5) is 0. The molecule has 2 aromatic rings. The lowest BCUT2D eigenvalue weighted by Gasteiger charge is -2.14. The molecule has 0 saturated carbocycles. The number of nitrogens with two attached hydrogens (primary N) is 1. The van der Waals surface area contributed by atoms with Crippen LogP contribution < -0.4 is 10.5 Å². The van der Waals surface area contributed by atoms with Crippen LogP contribution in [-0.2, 0) is 0 Å². The highest BCUT2D eigenvalue weighted by Gasteiger charge is 2.11. The molecule has 2 nitrogen and oxygen atoms in total. The predicted octanol–water partition coefficient (Wildman–Crippen LogP) is 4.55. The van der Waals surface area contributed by atoms with Gasteiger partial charge in [-0.2, -0.15) is 0 Å². The third kappa shape index (κ3) is 3.50. The van der Waals surface area contributed by atoms with Crippen LogP contribution in [0.1, 0.15) is 24.1 Å². The van der Waals surface area contributed by atoms with E-state index >= 15 is 0 Å². The molecule has 100 valence electrons. The molecule has 0 saturated heterocycles. The number of rotatable bonds is 4. The fourth-order valence-corrected chi connectivity index (χ4v) is 2.48. The number of halogens is 2. The molecule has 0 aliphatic rings. The van der Waals surface area contributed by atoms with Crippen LogP contribution in [-0.4, -0.2) is 6.61 Å². The van der Waals surface area contributed by atoms with E-state index < -0.39 is 0 Å². The van der Waals surface area contributed by atoms with E-state index in [0.29, 0.717) is 11.6 Å². The van der Waals surface area contributed by atoms with Crippen LogP contribution in [0, 0.1) is 0 Å². The lowest BCUT2D eigenvalue weighted by molar-refractivity contribution is 0.338. The van der Waals surface area contributed by atoms with Gasteiger partial charge in [-0.3, -0.25) is 0 Å². The summed E-state index contributed by atoms with van der Waals surface area (Å²) in [6, 6.07) is 13.3. The second-order valence-corrected chi connectivity index (χ2v) is 5.44. The summed E-state index contributed by atoms with van der Waals surface area (Å²) in [7, 11) is 0. The van der Waals surface area contributed by atoms with Crippen molar-refractivity contribution in [3.63, 3.8) is 0 Å². The van der Waals surface area contributed by atoms with Gasteiger partial charge in [-0.15, -0.1) is 0 Å². The minimum absolute atomic E-state index is 0.177. The van der Waals surface area contributed by atoms with Crippen molar-refractivity contribution >= 4 is 27.5 Å². The van der Waals surface area contributed by atoms with Crippen molar-refractivity contribution in [2.75, 3.05) is 6.61 Å². The van der Waals surface area contributed by atoms with Crippen molar-refractivity contribution in [3.8, 4) is 5.75 Å². The minimum atomic E-state index is -0.177. The molecule has 2 N–H and O–H groups in total. The standard InChI is InChI=1S/C15H15BrClNO/c1-2-19-14-8-5-11(9-13(14)16)15(18)10-3-6-12(17)7-4-10/h3-9,15H,2,18H2,1H3. The van der Waals surface area contributed by atoms with Crippen LogP contribution in [0.2, 0.25) is 5.02 Å². The van der Waals surface area contributed by atoms with Gasteiger partial charge in [0, 0.05) is 5.02 Å². The first-order chi connectivity index (χ1) is 9.11. The van der Waals surface area contributed by atoms with Gasteiger partial charge in [0.1, 0.15) is 5.75 Å². The summed E-state index contributed by atoms with van der Waals surface area (Å²) in [5.74, 6) is 0.828. The molecule has 2 aromatic carbocycles. The Morgan fingerprint density at radius 2 is 1.79 bits per heavy atom. The van der Waals surface area contributed by atoms with Gasteiger partial charge in [0.05, 0.1) is 17.1 Å². The number of ether oxygens (including phenoxy) is 1. The maximum absolute atomic E-state index is 6.25. The second-order valence-electron chi connectivity index (χ2n) is 4.15. The molecule has 0 aliphatic carbocycles. The largest absolute Gasteiger partial charge is 0.493 e. The van der Waals surface area contributed by atoms with Gasteiger partial charge in [0.25, 0.3) is 0 Å². The normalized spacial score (nSPS) is 12.2. The van der Waals surface area contributed by atoms with Gasteiger partial charge < -0.3 is 10.5 Å². The van der Waals surface area contributed by atoms with E-state index in [1.54, 1.807) is 0 Å². The zero-order valence-corrected chi connectivity index (χ0v) is 12.9. The van der Waals surface area contributed by atoms with Crippen LogP contribution in [0.25, 0.3) is 0 Å². The summed E-state index contributed by atoms with van der Waals surface area (Å²) in [5.41, 5.74) is 8.31. The highest BCUT2D eigenvalue weighted by atomic mass is 79.9. The van der Waals surface area contributed by atoms with Crippen LogP contribution in [0.4, 0.5) is 0 Å². The van der Waals surface area contributed by atoms with E-state index in [1.165, 1.54) is 0 Å². The van der Waals surface area contributed by atoms with Crippen LogP contribution in [0.5, 0.6) is 5.75 Å². The monoisotopic (exact) mass is 339 g/mol. The van der Waals surface area contributed by atoms with Gasteiger partial charge in [-0.05, 0) is 58.2 Å². The lowest BCUT2D eigenvalue weighted by Crippen LogP contribution is -2.11. The third-order valence-corrected chi connectivity index (χ3v) is 3.72. The molecule has 0 aliphatic heterocycles. The Hall–Kier alpha value is -1.03. The number of benzene rings is 2. The Balaban J connectivity index is 2.26. The molecule has 1 unspecified atom stereocenters. The highest BCUT2D eigenvalue weighted by Crippen LogP contribution is 2.30. The fraction of sp³-hybridized carbons (Fsp3) is 0.200. The summed E-state index contributed by atoms with van der Waals surface area (Å²) >= 11 is 9.38. The lowest BCUT2D eigenvalue weighted by atomic mass is 10.00. The summed E-state index contributed by atoms with van der Waals surface area (Å²) in [6.45, 7) is 2.60. The van der Waals surface area contributed by atoms with Crippen LogP contribution in [0.15, 0.2) is 46.9 Å². The molecule has 0 heterocycles. The third-order valence-electron chi connectivity index (χ3n) is 2.84. The molecule has 0 radical (unpaired) electrons. The minimum Gasteiger partial charge on any atom is -0.493 e. The molecule has 4 heteroatoms. The Labute approximate surface area is 126 Å². The smallest absolute Gasteiger partial charge is 0.133 e. The first-order valence-corrected chi connectivity index (χ1v) is 7.22. The fourth-order valence-electron chi connectivity index (χ4n) is 1.85. The maximum Gasteiger partial charge on any atom is 0.133 e. The average Bonchev–Trinajstić information content (AvgIpc) is 2.41. The van der Waals surface area contributed by atoms with Crippen molar-refractivity contribution in [2.45, 2.75) is 13.0 Å². The van der Waals surface area contributed by atoms with Crippen LogP contribution >= 0.6 is 27.5 Å². The zero-order valence-electron chi connectivity index (χ0n) is 10.6. The number of hydrogen-bond donors (Lipinski definition) is 1. The molecule has 0 spiro atoms. The van der Waals surface area contributed by atoms with E-state index in [-0.39, 0.29) is 6.04 Å². The topological polar surface area (TPSA) is 35.2 Å². The second kappa shape index (κ2) is 6.42. The van der Waals surface area contributed by atoms with Crippen molar-refractivity contribution in [1.82, 2.24) is 0 Å². The Bertz CT molecular complexity index is 557. The molecule has 2 rings (SSSR count). The van der Waals surface area contributed by atoms with Crippen molar-refractivity contribution in [3.05, 3.63) is 63.1 Å². The zero-order chi connectivity index (χ0) is 13.8. The van der Waals surface area contributed by atoms with Gasteiger partial charge in [0.2, 0.25) is 0 Å². The molecule has 1 atom stereocenters. The molecule has 0 amide bonds. The molecular weight excluding hydrogens is 326 g/mol. The molecule has 19 heavy (non-hydrogen) atoms. The Morgan fingerprint density at radius 3 is 2.37 bits per heavy atom. The molecule has 0 bridgehead atoms. The van der Waals surface area contributed by atoms with E-state index in [1.807, 2.05) is 49.4 Å². The summed E-state index contributed by atoms with van der Waals surface area (Å²) in [5, 5.41) is 0.712. The summed E-state index contributed by atoms with van der Waals surface area (Å²) < 4.78 is 6.40. The molecular formula is C15H15BrClNO.